The smallest absolute Gasteiger partial charge is 0.434 e. The number of carbonyl (C=O) groups excluding carboxylic acids is 1. The fourth-order valence-corrected chi connectivity index (χ4v) is 4.96. The number of ether oxygens (including phenoxy) is 2. The summed E-state index contributed by atoms with van der Waals surface area (Å²) in [6, 6.07) is 0. The Balaban J connectivity index is 5.11. The minimum absolute atomic E-state index is 0.130. The van der Waals surface area contributed by atoms with Crippen LogP contribution in [-0.2, 0) is 9.47 Å². The second-order valence-electron chi connectivity index (χ2n) is 10.4. The third-order valence-electron chi connectivity index (χ3n) is 7.36. The van der Waals surface area contributed by atoms with E-state index >= 15 is 0 Å². The zero-order chi connectivity index (χ0) is 24.1. The lowest BCUT2D eigenvalue weighted by Gasteiger charge is -2.35. The zero-order valence-electron chi connectivity index (χ0n) is 22.9. The Hall–Kier alpha value is -0.730. The summed E-state index contributed by atoms with van der Waals surface area (Å²) < 4.78 is 11.7. The maximum Gasteiger partial charge on any atom is 0.508 e. The summed E-state index contributed by atoms with van der Waals surface area (Å²) in [5.74, 6) is 0. The van der Waals surface area contributed by atoms with Crippen LogP contribution in [-0.4, -0.2) is 19.4 Å². The highest BCUT2D eigenvalue weighted by Gasteiger charge is 2.33. The Morgan fingerprint density at radius 2 is 0.688 bits per heavy atom. The van der Waals surface area contributed by atoms with Crippen LogP contribution in [0.3, 0.4) is 0 Å². The van der Waals surface area contributed by atoms with Gasteiger partial charge in [-0.25, -0.2) is 4.79 Å². The number of hydrogen-bond acceptors (Lipinski definition) is 3. The normalized spacial score (nSPS) is 12.2. The Morgan fingerprint density at radius 3 is 0.875 bits per heavy atom. The molecule has 0 unspecified atom stereocenters. The van der Waals surface area contributed by atoms with E-state index in [-0.39, 0.29) is 10.8 Å². The van der Waals surface area contributed by atoms with Gasteiger partial charge in [0.15, 0.2) is 0 Å². The van der Waals surface area contributed by atoms with Crippen LogP contribution in [0.15, 0.2) is 0 Å². The summed E-state index contributed by atoms with van der Waals surface area (Å²) in [7, 11) is 0. The predicted octanol–water partition coefficient (Wildman–Crippen LogP) is 10.3. The third-order valence-corrected chi connectivity index (χ3v) is 7.36. The monoisotopic (exact) mass is 454 g/mol. The quantitative estimate of drug-likeness (QED) is 0.153. The number of unbranched alkanes of at least 4 members (excludes halogenated alkanes) is 6. The third kappa shape index (κ3) is 13.7. The van der Waals surface area contributed by atoms with Crippen molar-refractivity contribution in [3.05, 3.63) is 0 Å². The Morgan fingerprint density at radius 1 is 0.469 bits per heavy atom. The van der Waals surface area contributed by atoms with Crippen molar-refractivity contribution in [1.29, 1.82) is 0 Å². The zero-order valence-corrected chi connectivity index (χ0v) is 22.9. The van der Waals surface area contributed by atoms with Gasteiger partial charge in [0.05, 0.1) is 0 Å². The van der Waals surface area contributed by atoms with Crippen LogP contribution in [0.5, 0.6) is 0 Å². The summed E-state index contributed by atoms with van der Waals surface area (Å²) in [5.41, 5.74) is 0.259. The van der Waals surface area contributed by atoms with E-state index in [9.17, 15) is 4.79 Å². The first kappa shape index (κ1) is 31.3. The molecule has 3 heteroatoms. The van der Waals surface area contributed by atoms with Crippen LogP contribution >= 0.6 is 0 Å². The molecule has 0 radical (unpaired) electrons. The summed E-state index contributed by atoms with van der Waals surface area (Å²) >= 11 is 0. The van der Waals surface area contributed by atoms with E-state index in [0.717, 1.165) is 38.5 Å². The summed E-state index contributed by atoms with van der Waals surface area (Å²) in [6.45, 7) is 14.6. The van der Waals surface area contributed by atoms with Crippen LogP contribution in [0, 0.1) is 10.8 Å². The second kappa shape index (κ2) is 19.7. The molecule has 0 bridgehead atoms. The van der Waals surface area contributed by atoms with Crippen LogP contribution in [0.25, 0.3) is 0 Å². The van der Waals surface area contributed by atoms with Crippen molar-refractivity contribution < 1.29 is 14.3 Å². The molecule has 0 heterocycles. The minimum Gasteiger partial charge on any atom is -0.434 e. The van der Waals surface area contributed by atoms with Crippen molar-refractivity contribution in [2.75, 3.05) is 13.2 Å². The molecular weight excluding hydrogens is 396 g/mol. The molecule has 0 aromatic heterocycles. The molecule has 32 heavy (non-hydrogen) atoms. The molecule has 3 nitrogen and oxygen atoms in total. The predicted molar refractivity (Wildman–Crippen MR) is 139 cm³/mol. The van der Waals surface area contributed by atoms with E-state index in [1.807, 2.05) is 0 Å². The number of hydrogen-bond donors (Lipinski definition) is 0. The van der Waals surface area contributed by atoms with Gasteiger partial charge in [0.2, 0.25) is 0 Å². The first-order valence-corrected chi connectivity index (χ1v) is 14.3. The highest BCUT2D eigenvalue weighted by molar-refractivity contribution is 5.59. The summed E-state index contributed by atoms with van der Waals surface area (Å²) in [4.78, 5) is 12.7. The lowest BCUT2D eigenvalue weighted by Crippen LogP contribution is -2.32. The Bertz CT molecular complexity index is 351. The van der Waals surface area contributed by atoms with Crippen LogP contribution in [0.1, 0.15) is 157 Å². The Labute approximate surface area is 201 Å². The van der Waals surface area contributed by atoms with Gasteiger partial charge in [-0.2, -0.15) is 0 Å². The van der Waals surface area contributed by atoms with E-state index in [4.69, 9.17) is 9.47 Å². The topological polar surface area (TPSA) is 35.5 Å². The molecule has 0 amide bonds. The summed E-state index contributed by atoms with van der Waals surface area (Å²) in [6.07, 6.45) is 20.9. The van der Waals surface area contributed by atoms with Crippen molar-refractivity contribution in [2.24, 2.45) is 10.8 Å². The van der Waals surface area contributed by atoms with E-state index in [1.54, 1.807) is 0 Å². The van der Waals surface area contributed by atoms with Gasteiger partial charge in [-0.1, -0.05) is 119 Å². The van der Waals surface area contributed by atoms with Crippen molar-refractivity contribution in [1.82, 2.24) is 0 Å². The standard InChI is InChI=1S/C29H58O3/c1-7-13-19-28(20-14-8-2,21-15-9-3)25-31-27(30)32-26-29(22-16-10-4,23-17-11-5)24-18-12-6/h7-26H2,1-6H3. The molecule has 0 rings (SSSR count). The van der Waals surface area contributed by atoms with E-state index in [2.05, 4.69) is 41.5 Å². The van der Waals surface area contributed by atoms with Gasteiger partial charge in [0.25, 0.3) is 0 Å². The lowest BCUT2D eigenvalue weighted by molar-refractivity contribution is -0.0155. The van der Waals surface area contributed by atoms with Crippen molar-refractivity contribution in [3.8, 4) is 0 Å². The van der Waals surface area contributed by atoms with Crippen LogP contribution < -0.4 is 0 Å². The minimum atomic E-state index is -0.437. The van der Waals surface area contributed by atoms with Gasteiger partial charge in [-0.05, 0) is 38.5 Å². The second-order valence-corrected chi connectivity index (χ2v) is 10.4. The van der Waals surface area contributed by atoms with Gasteiger partial charge in [0, 0.05) is 10.8 Å². The molecule has 0 atom stereocenters. The summed E-state index contributed by atoms with van der Waals surface area (Å²) in [5, 5.41) is 0. The van der Waals surface area contributed by atoms with Crippen molar-refractivity contribution in [2.45, 2.75) is 157 Å². The molecule has 0 aromatic carbocycles. The van der Waals surface area contributed by atoms with Gasteiger partial charge in [-0.15, -0.1) is 0 Å². The average Bonchev–Trinajstić information content (AvgIpc) is 2.82. The molecule has 0 aromatic rings. The largest absolute Gasteiger partial charge is 0.508 e. The molecule has 0 saturated carbocycles. The molecule has 192 valence electrons. The molecule has 0 aliphatic heterocycles. The average molecular weight is 455 g/mol. The SMILES string of the molecule is CCCCC(CCCC)(CCCC)COC(=O)OCC(CCCC)(CCCC)CCCC. The van der Waals surface area contributed by atoms with Crippen molar-refractivity contribution >= 4 is 6.16 Å². The van der Waals surface area contributed by atoms with Crippen LogP contribution in [0.4, 0.5) is 4.79 Å². The highest BCUT2D eigenvalue weighted by atomic mass is 16.7. The molecule has 0 saturated heterocycles. The van der Waals surface area contributed by atoms with Gasteiger partial charge >= 0.3 is 6.16 Å². The number of rotatable bonds is 22. The molecule has 0 aliphatic rings. The van der Waals surface area contributed by atoms with Crippen LogP contribution in [0.2, 0.25) is 0 Å². The van der Waals surface area contributed by atoms with Gasteiger partial charge in [-0.3, -0.25) is 0 Å². The van der Waals surface area contributed by atoms with E-state index in [0.29, 0.717) is 13.2 Å². The van der Waals surface area contributed by atoms with Gasteiger partial charge in [0.1, 0.15) is 13.2 Å². The number of carbonyl (C=O) groups is 1. The van der Waals surface area contributed by atoms with Gasteiger partial charge < -0.3 is 9.47 Å². The van der Waals surface area contributed by atoms with E-state index in [1.165, 1.54) is 77.0 Å². The lowest BCUT2D eigenvalue weighted by atomic mass is 9.75. The maximum atomic E-state index is 12.7. The highest BCUT2D eigenvalue weighted by Crippen LogP contribution is 2.39. The van der Waals surface area contributed by atoms with E-state index < -0.39 is 6.16 Å². The molecule has 0 aliphatic carbocycles. The fraction of sp³-hybridized carbons (Fsp3) is 0.966. The van der Waals surface area contributed by atoms with Crippen molar-refractivity contribution in [3.63, 3.8) is 0 Å². The fourth-order valence-electron chi connectivity index (χ4n) is 4.96. The first-order chi connectivity index (χ1) is 15.5. The maximum absolute atomic E-state index is 12.7. The molecule has 0 spiro atoms. The molecule has 0 fully saturated rings. The molecular formula is C29H58O3. The molecule has 0 N–H and O–H groups in total. The Kier molecular flexibility index (Phi) is 19.3. The first-order valence-electron chi connectivity index (χ1n) is 14.3.